The SMILES string of the molecule is NCCCC(=O)Nc1ccc(SC2CCCC2)cc1. The molecule has 0 radical (unpaired) electrons. The molecule has 3 N–H and O–H groups in total. The Morgan fingerprint density at radius 3 is 2.58 bits per heavy atom. The van der Waals surface area contributed by atoms with Gasteiger partial charge in [0.05, 0.1) is 0 Å². The van der Waals surface area contributed by atoms with E-state index in [0.29, 0.717) is 13.0 Å². The Hall–Kier alpha value is -1.00. The molecule has 3 nitrogen and oxygen atoms in total. The third-order valence-electron chi connectivity index (χ3n) is 3.35. The molecule has 2 rings (SSSR count). The average molecular weight is 278 g/mol. The molecule has 0 saturated heterocycles. The number of nitrogens with one attached hydrogen (secondary N) is 1. The van der Waals surface area contributed by atoms with Gasteiger partial charge in [0.1, 0.15) is 0 Å². The average Bonchev–Trinajstić information content (AvgIpc) is 2.91. The molecule has 1 aromatic rings. The fourth-order valence-corrected chi connectivity index (χ4v) is 3.55. The second-order valence-corrected chi connectivity index (χ2v) is 6.36. The molecule has 0 bridgehead atoms. The van der Waals surface area contributed by atoms with Crippen LogP contribution in [0.2, 0.25) is 0 Å². The summed E-state index contributed by atoms with van der Waals surface area (Å²) >= 11 is 1.96. The maximum Gasteiger partial charge on any atom is 0.224 e. The van der Waals surface area contributed by atoms with Crippen LogP contribution in [0, 0.1) is 0 Å². The number of carbonyl (C=O) groups is 1. The Morgan fingerprint density at radius 1 is 1.26 bits per heavy atom. The first kappa shape index (κ1) is 14.4. The zero-order valence-electron chi connectivity index (χ0n) is 11.2. The van der Waals surface area contributed by atoms with E-state index in [1.807, 2.05) is 23.9 Å². The van der Waals surface area contributed by atoms with Crippen LogP contribution in [-0.2, 0) is 4.79 Å². The number of hydrogen-bond acceptors (Lipinski definition) is 3. The number of anilines is 1. The second-order valence-electron chi connectivity index (χ2n) is 4.99. The van der Waals surface area contributed by atoms with Crippen LogP contribution in [0.3, 0.4) is 0 Å². The van der Waals surface area contributed by atoms with Gasteiger partial charge in [0.15, 0.2) is 0 Å². The first-order valence-corrected chi connectivity index (χ1v) is 7.92. The topological polar surface area (TPSA) is 55.1 Å². The van der Waals surface area contributed by atoms with Gasteiger partial charge < -0.3 is 11.1 Å². The molecule has 0 spiro atoms. The molecule has 19 heavy (non-hydrogen) atoms. The Labute approximate surface area is 119 Å². The first-order valence-electron chi connectivity index (χ1n) is 7.04. The normalized spacial score (nSPS) is 15.6. The fraction of sp³-hybridized carbons (Fsp3) is 0.533. The number of carbonyl (C=O) groups excluding carboxylic acids is 1. The van der Waals surface area contributed by atoms with Crippen LogP contribution >= 0.6 is 11.8 Å². The van der Waals surface area contributed by atoms with Gasteiger partial charge in [-0.15, -0.1) is 11.8 Å². The van der Waals surface area contributed by atoms with Gasteiger partial charge in [-0.05, 0) is 50.1 Å². The lowest BCUT2D eigenvalue weighted by Gasteiger charge is -2.09. The quantitative estimate of drug-likeness (QED) is 0.838. The van der Waals surface area contributed by atoms with Crippen molar-refractivity contribution < 1.29 is 4.79 Å². The van der Waals surface area contributed by atoms with Crippen LogP contribution < -0.4 is 11.1 Å². The van der Waals surface area contributed by atoms with E-state index < -0.39 is 0 Å². The van der Waals surface area contributed by atoms with Crippen LogP contribution in [-0.4, -0.2) is 17.7 Å². The third kappa shape index (κ3) is 4.88. The van der Waals surface area contributed by atoms with Gasteiger partial charge in [0.25, 0.3) is 0 Å². The van der Waals surface area contributed by atoms with Gasteiger partial charge in [-0.1, -0.05) is 12.8 Å². The number of hydrogen-bond donors (Lipinski definition) is 2. The fourth-order valence-electron chi connectivity index (χ4n) is 2.30. The summed E-state index contributed by atoms with van der Waals surface area (Å²) in [6.07, 6.45) is 6.64. The van der Waals surface area contributed by atoms with E-state index >= 15 is 0 Å². The van der Waals surface area contributed by atoms with E-state index in [-0.39, 0.29) is 5.91 Å². The van der Waals surface area contributed by atoms with Gasteiger partial charge in [-0.2, -0.15) is 0 Å². The second kappa shape index (κ2) is 7.56. The largest absolute Gasteiger partial charge is 0.330 e. The highest BCUT2D eigenvalue weighted by molar-refractivity contribution is 8.00. The van der Waals surface area contributed by atoms with Crippen molar-refractivity contribution in [2.75, 3.05) is 11.9 Å². The molecular weight excluding hydrogens is 256 g/mol. The molecule has 1 aliphatic carbocycles. The van der Waals surface area contributed by atoms with E-state index in [4.69, 9.17) is 5.73 Å². The molecule has 0 unspecified atom stereocenters. The Kier molecular flexibility index (Phi) is 5.73. The van der Waals surface area contributed by atoms with Crippen molar-refractivity contribution in [3.63, 3.8) is 0 Å². The molecule has 1 fully saturated rings. The van der Waals surface area contributed by atoms with Crippen LogP contribution in [0.4, 0.5) is 5.69 Å². The molecule has 1 aromatic carbocycles. The summed E-state index contributed by atoms with van der Waals surface area (Å²) in [6.45, 7) is 0.560. The van der Waals surface area contributed by atoms with E-state index in [9.17, 15) is 4.79 Å². The van der Waals surface area contributed by atoms with E-state index in [2.05, 4.69) is 17.4 Å². The number of rotatable bonds is 6. The van der Waals surface area contributed by atoms with E-state index in [1.165, 1.54) is 30.6 Å². The highest BCUT2D eigenvalue weighted by atomic mass is 32.2. The monoisotopic (exact) mass is 278 g/mol. The minimum absolute atomic E-state index is 0.0432. The van der Waals surface area contributed by atoms with Gasteiger partial charge >= 0.3 is 0 Å². The third-order valence-corrected chi connectivity index (χ3v) is 4.70. The summed E-state index contributed by atoms with van der Waals surface area (Å²) in [5.41, 5.74) is 6.26. The number of benzene rings is 1. The zero-order valence-corrected chi connectivity index (χ0v) is 12.0. The molecule has 0 aromatic heterocycles. The maximum absolute atomic E-state index is 11.6. The highest BCUT2D eigenvalue weighted by Crippen LogP contribution is 2.34. The summed E-state index contributed by atoms with van der Waals surface area (Å²) in [7, 11) is 0. The van der Waals surface area contributed by atoms with E-state index in [0.717, 1.165) is 17.4 Å². The van der Waals surface area contributed by atoms with Crippen LogP contribution in [0.1, 0.15) is 38.5 Å². The zero-order chi connectivity index (χ0) is 13.5. The predicted molar refractivity (Wildman–Crippen MR) is 81.5 cm³/mol. The number of nitrogens with two attached hydrogens (primary N) is 1. The van der Waals surface area contributed by atoms with Gasteiger partial charge in [-0.3, -0.25) is 4.79 Å². The van der Waals surface area contributed by atoms with Crippen molar-refractivity contribution in [2.45, 2.75) is 48.7 Å². The Bertz CT molecular complexity index is 399. The molecule has 0 atom stereocenters. The lowest BCUT2D eigenvalue weighted by Crippen LogP contribution is -2.13. The van der Waals surface area contributed by atoms with Crippen molar-refractivity contribution in [1.82, 2.24) is 0 Å². The van der Waals surface area contributed by atoms with E-state index in [1.54, 1.807) is 0 Å². The number of amides is 1. The van der Waals surface area contributed by atoms with Crippen molar-refractivity contribution in [2.24, 2.45) is 5.73 Å². The molecule has 4 heteroatoms. The van der Waals surface area contributed by atoms with Gasteiger partial charge in [-0.25, -0.2) is 0 Å². The first-order chi connectivity index (χ1) is 9.28. The van der Waals surface area contributed by atoms with Crippen LogP contribution in [0.25, 0.3) is 0 Å². The molecular formula is C15H22N2OS. The minimum atomic E-state index is 0.0432. The van der Waals surface area contributed by atoms with Crippen LogP contribution in [0.5, 0.6) is 0 Å². The maximum atomic E-state index is 11.6. The van der Waals surface area contributed by atoms with Crippen molar-refractivity contribution >= 4 is 23.4 Å². The lowest BCUT2D eigenvalue weighted by atomic mass is 10.2. The summed E-state index contributed by atoms with van der Waals surface area (Å²) in [6, 6.07) is 8.17. The Morgan fingerprint density at radius 2 is 1.95 bits per heavy atom. The smallest absolute Gasteiger partial charge is 0.224 e. The van der Waals surface area contributed by atoms with Crippen molar-refractivity contribution in [3.05, 3.63) is 24.3 Å². The molecule has 1 saturated carbocycles. The van der Waals surface area contributed by atoms with Crippen molar-refractivity contribution in [1.29, 1.82) is 0 Å². The highest BCUT2D eigenvalue weighted by Gasteiger charge is 2.15. The Balaban J connectivity index is 1.82. The lowest BCUT2D eigenvalue weighted by molar-refractivity contribution is -0.116. The van der Waals surface area contributed by atoms with Crippen molar-refractivity contribution in [3.8, 4) is 0 Å². The molecule has 0 heterocycles. The minimum Gasteiger partial charge on any atom is -0.330 e. The van der Waals surface area contributed by atoms with Gasteiger partial charge in [0, 0.05) is 22.3 Å². The molecule has 1 amide bonds. The summed E-state index contributed by atoms with van der Waals surface area (Å²) in [5.74, 6) is 0.0432. The predicted octanol–water partition coefficient (Wildman–Crippen LogP) is 3.40. The summed E-state index contributed by atoms with van der Waals surface area (Å²) in [5, 5.41) is 3.68. The van der Waals surface area contributed by atoms with Crippen LogP contribution in [0.15, 0.2) is 29.2 Å². The summed E-state index contributed by atoms with van der Waals surface area (Å²) in [4.78, 5) is 12.9. The molecule has 0 aliphatic heterocycles. The number of thioether (sulfide) groups is 1. The summed E-state index contributed by atoms with van der Waals surface area (Å²) < 4.78 is 0. The standard InChI is InChI=1S/C15H22N2OS/c16-11-3-6-15(18)17-12-7-9-14(10-8-12)19-13-4-1-2-5-13/h7-10,13H,1-6,11,16H2,(H,17,18). The molecule has 1 aliphatic rings. The van der Waals surface area contributed by atoms with Gasteiger partial charge in [0.2, 0.25) is 5.91 Å². The molecule has 104 valence electrons.